The maximum absolute atomic E-state index is 12.4. The van der Waals surface area contributed by atoms with E-state index >= 15 is 0 Å². The van der Waals surface area contributed by atoms with Crippen LogP contribution in [0.15, 0.2) is 12.2 Å². The molecule has 3 aliphatic rings. The van der Waals surface area contributed by atoms with E-state index in [2.05, 4.69) is 0 Å². The van der Waals surface area contributed by atoms with E-state index in [1.165, 1.54) is 4.57 Å². The van der Waals surface area contributed by atoms with E-state index < -0.39 is 17.2 Å². The zero-order valence-corrected chi connectivity index (χ0v) is 15.0. The quantitative estimate of drug-likeness (QED) is 0.621. The Bertz CT molecular complexity index is 733. The summed E-state index contributed by atoms with van der Waals surface area (Å²) in [6.45, 7) is 5.87. The van der Waals surface area contributed by atoms with Crippen molar-refractivity contribution in [3.63, 3.8) is 0 Å². The summed E-state index contributed by atoms with van der Waals surface area (Å²) in [5, 5.41) is 20.8. The molecule has 0 saturated carbocycles. The molecule has 0 aromatic carbocycles. The molecular weight excluding hydrogens is 342 g/mol. The number of fused-ring (bicyclic) bond motifs is 5. The Morgan fingerprint density at radius 2 is 1.69 bits per heavy atom. The second-order valence-corrected chi connectivity index (χ2v) is 7.66. The van der Waals surface area contributed by atoms with Crippen LogP contribution >= 0.6 is 0 Å². The van der Waals surface area contributed by atoms with E-state index in [1.807, 2.05) is 12.2 Å². The average molecular weight is 365 g/mol. The highest BCUT2D eigenvalue weighted by Crippen LogP contribution is 2.54. The van der Waals surface area contributed by atoms with Crippen molar-refractivity contribution in [1.82, 2.24) is 4.57 Å². The Hall–Kier alpha value is -2.03. The molecule has 0 amide bonds. The summed E-state index contributed by atoms with van der Waals surface area (Å²) in [4.78, 5) is 12.4. The van der Waals surface area contributed by atoms with Gasteiger partial charge in [0.2, 0.25) is 11.8 Å². The van der Waals surface area contributed by atoms with Crippen LogP contribution in [0.2, 0.25) is 0 Å². The van der Waals surface area contributed by atoms with Crippen LogP contribution in [0.1, 0.15) is 44.1 Å². The Labute approximate surface area is 150 Å². The van der Waals surface area contributed by atoms with Gasteiger partial charge in [0.1, 0.15) is 24.2 Å². The SMILES string of the molecule is CC1(C)OCC(C)(C(=O)OCCn2c(O)c3c(c2O)C2C=CC3O2)CO1. The molecule has 4 rings (SSSR count). The van der Waals surface area contributed by atoms with Crippen LogP contribution in [0.25, 0.3) is 0 Å². The fourth-order valence-corrected chi connectivity index (χ4v) is 3.46. The number of nitrogens with zero attached hydrogens (tertiary/aromatic N) is 1. The molecule has 2 unspecified atom stereocenters. The van der Waals surface area contributed by atoms with Crippen molar-refractivity contribution in [2.45, 2.75) is 45.3 Å². The lowest BCUT2D eigenvalue weighted by Gasteiger charge is -2.39. The molecule has 1 aromatic heterocycles. The Morgan fingerprint density at radius 3 is 2.23 bits per heavy atom. The number of carbonyl (C=O) groups is 1. The summed E-state index contributed by atoms with van der Waals surface area (Å²) < 4.78 is 23.4. The zero-order chi connectivity index (χ0) is 18.7. The first-order valence-corrected chi connectivity index (χ1v) is 8.65. The van der Waals surface area contributed by atoms with E-state index in [-0.39, 0.29) is 50.3 Å². The number of esters is 1. The highest BCUT2D eigenvalue weighted by atomic mass is 16.7. The molecule has 1 aromatic rings. The standard InChI is InChI=1S/C18H23NO7/c1-17(2)24-8-18(3,9-25-17)16(22)23-7-6-19-14(20)12-10-4-5-11(26-10)13(12)15(19)21/h4-5,10-11,20-21H,6-9H2,1-3H3. The number of carbonyl (C=O) groups excluding carboxylic acids is 1. The van der Waals surface area contributed by atoms with Crippen LogP contribution in [-0.4, -0.2) is 46.4 Å². The van der Waals surface area contributed by atoms with Gasteiger partial charge < -0.3 is 29.2 Å². The molecule has 4 heterocycles. The summed E-state index contributed by atoms with van der Waals surface area (Å²) in [5.74, 6) is -1.25. The van der Waals surface area contributed by atoms with Gasteiger partial charge in [-0.1, -0.05) is 12.2 Å². The lowest BCUT2D eigenvalue weighted by molar-refractivity contribution is -0.281. The number of hydrogen-bond acceptors (Lipinski definition) is 7. The number of aromatic nitrogens is 1. The highest BCUT2D eigenvalue weighted by molar-refractivity contribution is 5.76. The molecule has 2 N–H and O–H groups in total. The van der Waals surface area contributed by atoms with Crippen LogP contribution in [0.4, 0.5) is 0 Å². The lowest BCUT2D eigenvalue weighted by atomic mass is 9.92. The van der Waals surface area contributed by atoms with Gasteiger partial charge in [0.25, 0.3) is 0 Å². The first-order valence-electron chi connectivity index (χ1n) is 8.65. The van der Waals surface area contributed by atoms with Crippen molar-refractivity contribution in [3.05, 3.63) is 23.3 Å². The van der Waals surface area contributed by atoms with Crippen LogP contribution in [0.5, 0.6) is 11.8 Å². The van der Waals surface area contributed by atoms with Crippen molar-refractivity contribution < 1.29 is 34.0 Å². The van der Waals surface area contributed by atoms with Crippen molar-refractivity contribution >= 4 is 5.97 Å². The normalized spacial score (nSPS) is 27.5. The molecule has 3 aliphatic heterocycles. The van der Waals surface area contributed by atoms with Crippen molar-refractivity contribution in [2.24, 2.45) is 5.41 Å². The summed E-state index contributed by atoms with van der Waals surface area (Å²) in [6, 6.07) is 0. The molecule has 0 radical (unpaired) electrons. The topological polar surface area (TPSA) is 99.4 Å². The van der Waals surface area contributed by atoms with Gasteiger partial charge in [0.15, 0.2) is 5.79 Å². The average Bonchev–Trinajstić information content (AvgIpc) is 3.27. The van der Waals surface area contributed by atoms with Crippen LogP contribution in [0, 0.1) is 5.41 Å². The van der Waals surface area contributed by atoms with Crippen LogP contribution < -0.4 is 0 Å². The summed E-state index contributed by atoms with van der Waals surface area (Å²) in [6.07, 6.45) is 3.04. The number of hydrogen-bond donors (Lipinski definition) is 2. The van der Waals surface area contributed by atoms with Gasteiger partial charge in [-0.3, -0.25) is 9.36 Å². The third kappa shape index (κ3) is 2.60. The fourth-order valence-electron chi connectivity index (χ4n) is 3.46. The Balaban J connectivity index is 1.38. The second kappa shape index (κ2) is 5.73. The molecular formula is C18H23NO7. The third-order valence-corrected chi connectivity index (χ3v) is 5.12. The van der Waals surface area contributed by atoms with E-state index in [0.717, 1.165) is 0 Å². The molecule has 8 nitrogen and oxygen atoms in total. The molecule has 8 heteroatoms. The van der Waals surface area contributed by atoms with Gasteiger partial charge in [-0.15, -0.1) is 0 Å². The molecule has 142 valence electrons. The summed E-state index contributed by atoms with van der Waals surface area (Å²) >= 11 is 0. The van der Waals surface area contributed by atoms with Gasteiger partial charge in [-0.25, -0.2) is 0 Å². The predicted molar refractivity (Wildman–Crippen MR) is 88.5 cm³/mol. The zero-order valence-electron chi connectivity index (χ0n) is 15.0. The maximum atomic E-state index is 12.4. The van der Waals surface area contributed by atoms with E-state index in [1.54, 1.807) is 20.8 Å². The van der Waals surface area contributed by atoms with Crippen molar-refractivity contribution in [2.75, 3.05) is 19.8 Å². The Kier molecular flexibility index (Phi) is 3.83. The summed E-state index contributed by atoms with van der Waals surface area (Å²) in [5.41, 5.74) is 0.295. The molecule has 2 bridgehead atoms. The maximum Gasteiger partial charge on any atom is 0.316 e. The first-order chi connectivity index (χ1) is 12.2. The third-order valence-electron chi connectivity index (χ3n) is 5.12. The van der Waals surface area contributed by atoms with Crippen molar-refractivity contribution in [1.29, 1.82) is 0 Å². The van der Waals surface area contributed by atoms with Crippen LogP contribution in [-0.2, 0) is 30.3 Å². The molecule has 0 spiro atoms. The minimum Gasteiger partial charge on any atom is -0.494 e. The number of ether oxygens (including phenoxy) is 4. The Morgan fingerprint density at radius 1 is 1.15 bits per heavy atom. The van der Waals surface area contributed by atoms with E-state index in [4.69, 9.17) is 18.9 Å². The minimum absolute atomic E-state index is 0.0100. The molecule has 26 heavy (non-hydrogen) atoms. The van der Waals surface area contributed by atoms with Crippen LogP contribution in [0.3, 0.4) is 0 Å². The molecule has 2 atom stereocenters. The lowest BCUT2D eigenvalue weighted by Crippen LogP contribution is -2.49. The molecule has 1 saturated heterocycles. The predicted octanol–water partition coefficient (Wildman–Crippen LogP) is 1.91. The second-order valence-electron chi connectivity index (χ2n) is 7.66. The highest BCUT2D eigenvalue weighted by Gasteiger charge is 2.44. The van der Waals surface area contributed by atoms with Gasteiger partial charge in [-0.05, 0) is 20.8 Å². The fraction of sp³-hybridized carbons (Fsp3) is 0.611. The summed E-state index contributed by atoms with van der Waals surface area (Å²) in [7, 11) is 0. The monoisotopic (exact) mass is 365 g/mol. The number of rotatable bonds is 4. The van der Waals surface area contributed by atoms with Crippen molar-refractivity contribution in [3.8, 4) is 11.8 Å². The minimum atomic E-state index is -0.880. The van der Waals surface area contributed by atoms with E-state index in [9.17, 15) is 15.0 Å². The van der Waals surface area contributed by atoms with Gasteiger partial charge in [0, 0.05) is 0 Å². The molecule has 1 fully saturated rings. The van der Waals surface area contributed by atoms with Gasteiger partial charge in [-0.2, -0.15) is 0 Å². The first kappa shape index (κ1) is 17.4. The van der Waals surface area contributed by atoms with E-state index in [0.29, 0.717) is 11.1 Å². The largest absolute Gasteiger partial charge is 0.494 e. The molecule has 0 aliphatic carbocycles. The number of aromatic hydroxyl groups is 2. The van der Waals surface area contributed by atoms with Gasteiger partial charge in [0.05, 0.1) is 30.9 Å². The van der Waals surface area contributed by atoms with Gasteiger partial charge >= 0.3 is 5.97 Å². The smallest absolute Gasteiger partial charge is 0.316 e.